The first kappa shape index (κ1) is 17.4. The van der Waals surface area contributed by atoms with Crippen molar-refractivity contribution in [2.24, 2.45) is 0 Å². The van der Waals surface area contributed by atoms with Gasteiger partial charge in [0, 0.05) is 11.4 Å². The molecule has 2 aromatic rings. The van der Waals surface area contributed by atoms with Gasteiger partial charge in [-0.15, -0.1) is 11.8 Å². The molecule has 1 aromatic carbocycles. The monoisotopic (exact) mass is 352 g/mol. The number of aromatic nitrogens is 1. The highest BCUT2D eigenvalue weighted by Crippen LogP contribution is 2.38. The maximum Gasteiger partial charge on any atom is 0.268 e. The van der Waals surface area contributed by atoms with Crippen LogP contribution in [0.3, 0.4) is 0 Å². The topological polar surface area (TPSA) is 50.3 Å². The molecular weight excluding hydrogens is 332 g/mol. The van der Waals surface area contributed by atoms with Crippen LogP contribution in [-0.2, 0) is 16.1 Å². The molecule has 0 unspecified atom stereocenters. The van der Waals surface area contributed by atoms with Gasteiger partial charge in [-0.25, -0.2) is 0 Å². The number of carbonyl (C=O) groups excluding carboxylic acids is 2. The zero-order chi connectivity index (χ0) is 18.0. The summed E-state index contributed by atoms with van der Waals surface area (Å²) in [6, 6.07) is 13.2. The Hall–Kier alpha value is -2.40. The third-order valence-electron chi connectivity index (χ3n) is 3.87. The molecule has 25 heavy (non-hydrogen) atoms. The van der Waals surface area contributed by atoms with Crippen molar-refractivity contribution in [3.05, 3.63) is 70.4 Å². The van der Waals surface area contributed by atoms with E-state index < -0.39 is 0 Å². The van der Waals surface area contributed by atoms with Gasteiger partial charge in [-0.3, -0.25) is 19.5 Å². The summed E-state index contributed by atoms with van der Waals surface area (Å²) < 4.78 is 0. The summed E-state index contributed by atoms with van der Waals surface area (Å²) in [4.78, 5) is 32.0. The standard InChI is InChI=1S/C20H20N2O2S/c1-13(2)25-18-17(15-9-7-14(3)8-10-15)19(23)22(20(18)24)12-16-6-4-5-11-21-16/h4-11,13H,12H2,1-3H3. The van der Waals surface area contributed by atoms with Crippen molar-refractivity contribution in [3.63, 3.8) is 0 Å². The molecule has 2 heterocycles. The van der Waals surface area contributed by atoms with Crippen molar-refractivity contribution >= 4 is 29.1 Å². The quantitative estimate of drug-likeness (QED) is 0.768. The number of thioether (sulfide) groups is 1. The lowest BCUT2D eigenvalue weighted by molar-refractivity contribution is -0.137. The van der Waals surface area contributed by atoms with Crippen molar-refractivity contribution in [1.82, 2.24) is 9.88 Å². The van der Waals surface area contributed by atoms with Gasteiger partial charge in [0.05, 0.1) is 22.7 Å². The van der Waals surface area contributed by atoms with Crippen LogP contribution in [0.25, 0.3) is 5.57 Å². The van der Waals surface area contributed by atoms with E-state index in [9.17, 15) is 9.59 Å². The summed E-state index contributed by atoms with van der Waals surface area (Å²) in [7, 11) is 0. The third kappa shape index (κ3) is 3.66. The molecule has 128 valence electrons. The summed E-state index contributed by atoms with van der Waals surface area (Å²) in [6.45, 7) is 6.22. The summed E-state index contributed by atoms with van der Waals surface area (Å²) in [5.74, 6) is -0.479. The number of pyridine rings is 1. The van der Waals surface area contributed by atoms with E-state index in [1.807, 2.05) is 63.2 Å². The minimum atomic E-state index is -0.248. The Labute approximate surface area is 152 Å². The van der Waals surface area contributed by atoms with Crippen LogP contribution in [0.2, 0.25) is 0 Å². The van der Waals surface area contributed by atoms with Crippen LogP contribution >= 0.6 is 11.8 Å². The van der Waals surface area contributed by atoms with E-state index in [1.54, 1.807) is 6.20 Å². The van der Waals surface area contributed by atoms with Crippen LogP contribution in [-0.4, -0.2) is 26.9 Å². The zero-order valence-corrected chi connectivity index (χ0v) is 15.3. The molecular formula is C20H20N2O2S. The minimum Gasteiger partial charge on any atom is -0.269 e. The van der Waals surface area contributed by atoms with Gasteiger partial charge < -0.3 is 0 Å². The number of nitrogens with zero attached hydrogens (tertiary/aromatic N) is 2. The van der Waals surface area contributed by atoms with Crippen LogP contribution in [0.4, 0.5) is 0 Å². The molecule has 3 rings (SSSR count). The van der Waals surface area contributed by atoms with E-state index >= 15 is 0 Å². The molecule has 0 fully saturated rings. The highest BCUT2D eigenvalue weighted by Gasteiger charge is 2.39. The van der Waals surface area contributed by atoms with Crippen LogP contribution in [0.5, 0.6) is 0 Å². The Bertz CT molecular complexity index is 827. The smallest absolute Gasteiger partial charge is 0.268 e. The van der Waals surface area contributed by atoms with Crippen LogP contribution in [0.15, 0.2) is 53.6 Å². The molecule has 2 amide bonds. The molecule has 0 aliphatic carbocycles. The molecule has 0 saturated heterocycles. The third-order valence-corrected chi connectivity index (χ3v) is 4.95. The second-order valence-corrected chi connectivity index (χ2v) is 7.84. The average molecular weight is 352 g/mol. The maximum absolute atomic E-state index is 13.0. The molecule has 0 atom stereocenters. The summed E-state index contributed by atoms with van der Waals surface area (Å²) in [6.07, 6.45) is 1.67. The zero-order valence-electron chi connectivity index (χ0n) is 14.5. The van der Waals surface area contributed by atoms with Gasteiger partial charge in [-0.1, -0.05) is 49.7 Å². The molecule has 5 heteroatoms. The fraction of sp³-hybridized carbons (Fsp3) is 0.250. The Morgan fingerprint density at radius 3 is 2.36 bits per heavy atom. The molecule has 0 radical (unpaired) electrons. The van der Waals surface area contributed by atoms with Gasteiger partial charge in [0.15, 0.2) is 0 Å². The number of hydrogen-bond donors (Lipinski definition) is 0. The molecule has 0 bridgehead atoms. The van der Waals surface area contributed by atoms with E-state index in [-0.39, 0.29) is 23.6 Å². The number of carbonyl (C=O) groups is 2. The van der Waals surface area contributed by atoms with Crippen LogP contribution in [0.1, 0.15) is 30.7 Å². The van der Waals surface area contributed by atoms with Gasteiger partial charge in [-0.2, -0.15) is 0 Å². The predicted octanol–water partition coefficient (Wildman–Crippen LogP) is 3.81. The molecule has 0 spiro atoms. The lowest BCUT2D eigenvalue weighted by atomic mass is 10.0. The Balaban J connectivity index is 1.99. The lowest BCUT2D eigenvalue weighted by Crippen LogP contribution is -2.31. The summed E-state index contributed by atoms with van der Waals surface area (Å²) in [5, 5.41) is 0.210. The lowest BCUT2D eigenvalue weighted by Gasteiger charge is -2.14. The minimum absolute atomic E-state index is 0.190. The Morgan fingerprint density at radius 2 is 1.76 bits per heavy atom. The SMILES string of the molecule is Cc1ccc(C2=C(SC(C)C)C(=O)N(Cc3ccccn3)C2=O)cc1. The number of amides is 2. The van der Waals surface area contributed by atoms with Gasteiger partial charge in [-0.05, 0) is 24.6 Å². The average Bonchev–Trinajstić information content (AvgIpc) is 2.81. The second-order valence-electron chi connectivity index (χ2n) is 6.25. The fourth-order valence-corrected chi connectivity index (χ4v) is 3.68. The van der Waals surface area contributed by atoms with E-state index in [0.29, 0.717) is 16.2 Å². The van der Waals surface area contributed by atoms with E-state index in [4.69, 9.17) is 0 Å². The van der Waals surface area contributed by atoms with Gasteiger partial charge in [0.25, 0.3) is 11.8 Å². The molecule has 1 aliphatic rings. The first-order valence-corrected chi connectivity index (χ1v) is 9.09. The first-order valence-electron chi connectivity index (χ1n) is 8.21. The van der Waals surface area contributed by atoms with Crippen molar-refractivity contribution in [2.45, 2.75) is 32.6 Å². The highest BCUT2D eigenvalue weighted by molar-refractivity contribution is 8.04. The number of aryl methyl sites for hydroxylation is 1. The van der Waals surface area contributed by atoms with Crippen LogP contribution < -0.4 is 0 Å². The van der Waals surface area contributed by atoms with Crippen molar-refractivity contribution in [1.29, 1.82) is 0 Å². The molecule has 0 saturated carbocycles. The molecule has 0 N–H and O–H groups in total. The van der Waals surface area contributed by atoms with Gasteiger partial charge >= 0.3 is 0 Å². The van der Waals surface area contributed by atoms with E-state index in [0.717, 1.165) is 11.1 Å². The second kappa shape index (κ2) is 7.23. The number of hydrogen-bond acceptors (Lipinski definition) is 4. The van der Waals surface area contributed by atoms with Crippen molar-refractivity contribution in [3.8, 4) is 0 Å². The largest absolute Gasteiger partial charge is 0.269 e. The first-order chi connectivity index (χ1) is 12.0. The normalized spacial score (nSPS) is 14.8. The van der Waals surface area contributed by atoms with Crippen molar-refractivity contribution < 1.29 is 9.59 Å². The van der Waals surface area contributed by atoms with Crippen molar-refractivity contribution in [2.75, 3.05) is 0 Å². The van der Waals surface area contributed by atoms with Gasteiger partial charge in [0.1, 0.15) is 0 Å². The molecule has 1 aliphatic heterocycles. The maximum atomic E-state index is 13.0. The van der Waals surface area contributed by atoms with Crippen LogP contribution in [0, 0.1) is 6.92 Å². The van der Waals surface area contributed by atoms with E-state index in [2.05, 4.69) is 4.98 Å². The predicted molar refractivity (Wildman–Crippen MR) is 101 cm³/mol. The Morgan fingerprint density at radius 1 is 1.04 bits per heavy atom. The highest BCUT2D eigenvalue weighted by atomic mass is 32.2. The summed E-state index contributed by atoms with van der Waals surface area (Å²) in [5.41, 5.74) is 3.10. The van der Waals surface area contributed by atoms with Gasteiger partial charge in [0.2, 0.25) is 0 Å². The Kier molecular flexibility index (Phi) is 5.04. The van der Waals surface area contributed by atoms with E-state index in [1.165, 1.54) is 16.7 Å². The molecule has 4 nitrogen and oxygen atoms in total. The number of imide groups is 1. The summed E-state index contributed by atoms with van der Waals surface area (Å²) >= 11 is 1.44. The fourth-order valence-electron chi connectivity index (χ4n) is 2.67. The number of rotatable bonds is 5. The number of benzene rings is 1. The molecule has 1 aromatic heterocycles.